The van der Waals surface area contributed by atoms with Gasteiger partial charge in [-0.05, 0) is 129 Å². The van der Waals surface area contributed by atoms with Crippen molar-refractivity contribution in [1.82, 2.24) is 0 Å². The van der Waals surface area contributed by atoms with Gasteiger partial charge in [-0.2, -0.15) is 0 Å². The summed E-state index contributed by atoms with van der Waals surface area (Å²) < 4.78 is 7.38. The SMILES string of the molecule is CC1(C)c2ccccc2-c2c(C(CCc3ccc4c(c3)-c3ccccc3C43c4ccccc4-c4ccccc43)c3cccc4c3-c3ccccc3C43c4ccc5ccccc5c4Oc4c3ccc3ccccc43)cccc21. The molecular weight excluding hydrogens is 929 g/mol. The highest BCUT2D eigenvalue weighted by Gasteiger charge is 2.54. The van der Waals surface area contributed by atoms with Gasteiger partial charge in [0.1, 0.15) is 11.5 Å². The van der Waals surface area contributed by atoms with Gasteiger partial charge in [0.15, 0.2) is 0 Å². The van der Waals surface area contributed by atoms with Crippen LogP contribution in [0.1, 0.15) is 98.5 Å². The van der Waals surface area contributed by atoms with Crippen molar-refractivity contribution in [2.75, 3.05) is 0 Å². The highest BCUT2D eigenvalue weighted by atomic mass is 16.5. The first-order valence-electron chi connectivity index (χ1n) is 27.6. The number of hydrogen-bond donors (Lipinski definition) is 0. The summed E-state index contributed by atoms with van der Waals surface area (Å²) in [4.78, 5) is 0. The third-order valence-electron chi connectivity index (χ3n) is 19.0. The molecule has 1 heteroatoms. The molecule has 0 saturated heterocycles. The first-order chi connectivity index (χ1) is 38.0. The molecule has 0 fully saturated rings. The summed E-state index contributed by atoms with van der Waals surface area (Å²) >= 11 is 0. The molecular formula is C76H52O. The van der Waals surface area contributed by atoms with Gasteiger partial charge in [-0.15, -0.1) is 0 Å². The van der Waals surface area contributed by atoms with Crippen LogP contribution in [0.25, 0.3) is 66.1 Å². The predicted octanol–water partition coefficient (Wildman–Crippen LogP) is 18.9. The van der Waals surface area contributed by atoms with Crippen molar-refractivity contribution in [3.63, 3.8) is 0 Å². The lowest BCUT2D eigenvalue weighted by molar-refractivity contribution is 0.447. The molecule has 12 aromatic carbocycles. The van der Waals surface area contributed by atoms with Gasteiger partial charge in [0.2, 0.25) is 0 Å². The lowest BCUT2D eigenvalue weighted by Crippen LogP contribution is -2.32. The number of hydrogen-bond acceptors (Lipinski definition) is 1. The quantitative estimate of drug-likeness (QED) is 0.167. The molecule has 2 spiro atoms. The zero-order chi connectivity index (χ0) is 50.8. The first-order valence-corrected chi connectivity index (χ1v) is 27.6. The van der Waals surface area contributed by atoms with E-state index in [1.165, 1.54) is 128 Å². The Morgan fingerprint density at radius 1 is 0.325 bits per heavy atom. The van der Waals surface area contributed by atoms with E-state index in [-0.39, 0.29) is 16.7 Å². The van der Waals surface area contributed by atoms with Crippen molar-refractivity contribution in [3.8, 4) is 56.0 Å². The van der Waals surface area contributed by atoms with Crippen LogP contribution in [-0.2, 0) is 22.7 Å². The fraction of sp³-hybridized carbons (Fsp3) is 0.105. The van der Waals surface area contributed by atoms with E-state index in [4.69, 9.17) is 4.74 Å². The van der Waals surface area contributed by atoms with Crippen molar-refractivity contribution in [1.29, 1.82) is 0 Å². The minimum atomic E-state index is -0.641. The van der Waals surface area contributed by atoms with Crippen LogP contribution in [0.5, 0.6) is 11.5 Å². The average molecular weight is 981 g/mol. The lowest BCUT2D eigenvalue weighted by Gasteiger charge is -2.40. The highest BCUT2D eigenvalue weighted by molar-refractivity contribution is 6.01. The molecule has 1 heterocycles. The first kappa shape index (κ1) is 43.2. The van der Waals surface area contributed by atoms with Gasteiger partial charge in [0.25, 0.3) is 0 Å². The zero-order valence-electron chi connectivity index (χ0n) is 43.1. The van der Waals surface area contributed by atoms with Crippen LogP contribution >= 0.6 is 0 Å². The summed E-state index contributed by atoms with van der Waals surface area (Å²) in [5.74, 6) is 1.94. The Labute approximate surface area is 449 Å². The average Bonchev–Trinajstić information content (AvgIpc) is 4.26. The van der Waals surface area contributed by atoms with Crippen molar-refractivity contribution in [2.45, 2.75) is 48.9 Å². The molecule has 4 aliphatic carbocycles. The maximum atomic E-state index is 7.38. The number of rotatable bonds is 5. The third-order valence-corrected chi connectivity index (χ3v) is 19.0. The van der Waals surface area contributed by atoms with Crippen molar-refractivity contribution in [2.24, 2.45) is 0 Å². The maximum absolute atomic E-state index is 7.38. The fourth-order valence-corrected chi connectivity index (χ4v) is 15.9. The Morgan fingerprint density at radius 3 is 1.31 bits per heavy atom. The molecule has 362 valence electrons. The monoisotopic (exact) mass is 980 g/mol. The summed E-state index contributed by atoms with van der Waals surface area (Å²) in [6.07, 6.45) is 1.83. The Balaban J connectivity index is 0.893. The van der Waals surface area contributed by atoms with Gasteiger partial charge in [0, 0.05) is 33.2 Å². The van der Waals surface area contributed by atoms with Crippen LogP contribution in [0.2, 0.25) is 0 Å². The van der Waals surface area contributed by atoms with E-state index in [0.29, 0.717) is 0 Å². The molecule has 5 aliphatic rings. The molecule has 0 bridgehead atoms. The van der Waals surface area contributed by atoms with E-state index >= 15 is 0 Å². The molecule has 17 rings (SSSR count). The molecule has 1 unspecified atom stereocenters. The molecule has 0 N–H and O–H groups in total. The number of benzene rings is 12. The van der Waals surface area contributed by atoms with E-state index in [1.807, 2.05) is 0 Å². The van der Waals surface area contributed by atoms with Gasteiger partial charge in [-0.1, -0.05) is 263 Å². The summed E-state index contributed by atoms with van der Waals surface area (Å²) in [6.45, 7) is 4.83. The second-order valence-corrected chi connectivity index (χ2v) is 22.8. The van der Waals surface area contributed by atoms with Gasteiger partial charge in [-0.25, -0.2) is 0 Å². The summed E-state index contributed by atoms with van der Waals surface area (Å²) in [7, 11) is 0. The van der Waals surface area contributed by atoms with Gasteiger partial charge >= 0.3 is 0 Å². The number of ether oxygens (including phenoxy) is 1. The van der Waals surface area contributed by atoms with Crippen molar-refractivity contribution >= 4 is 21.5 Å². The number of fused-ring (bicyclic) bond motifs is 26. The minimum Gasteiger partial charge on any atom is -0.455 e. The normalized spacial score (nSPS) is 15.6. The molecule has 0 amide bonds. The molecule has 1 aliphatic heterocycles. The van der Waals surface area contributed by atoms with Crippen LogP contribution < -0.4 is 4.74 Å². The molecule has 77 heavy (non-hydrogen) atoms. The van der Waals surface area contributed by atoms with Crippen LogP contribution in [0.4, 0.5) is 0 Å². The molecule has 0 aromatic heterocycles. The molecule has 12 aromatic rings. The van der Waals surface area contributed by atoms with Crippen LogP contribution in [0, 0.1) is 0 Å². The smallest absolute Gasteiger partial charge is 0.140 e. The topological polar surface area (TPSA) is 9.23 Å². The second-order valence-electron chi connectivity index (χ2n) is 22.8. The lowest BCUT2D eigenvalue weighted by atomic mass is 9.65. The Kier molecular flexibility index (Phi) is 8.72. The standard InChI is InChI=1S/C76H52O/c1-74(2)60-30-12-10-26-57(60)70-55(28-17-35-66(70)74)51(41-37-46-38-42-65-59(45-46)54-25-9-15-33-63(54)75(65)61-31-13-7-23-52(61)53-24-8-14-32-62(53)75)56-29-18-36-67-71(56)58-27-11-16-34-64(58)76(67)68-43-39-47-19-3-5-21-49(47)72(68)77-73-50-22-6-4-20-48(50)40-44-69(73)76/h3-36,38-40,42-45,51H,37,41H2,1-2H3. The Hall–Kier alpha value is -9.04. The van der Waals surface area contributed by atoms with E-state index < -0.39 is 5.41 Å². The van der Waals surface area contributed by atoms with Gasteiger partial charge in [-0.3, -0.25) is 0 Å². The third kappa shape index (κ3) is 5.44. The zero-order valence-corrected chi connectivity index (χ0v) is 43.1. The maximum Gasteiger partial charge on any atom is 0.140 e. The summed E-state index contributed by atoms with van der Waals surface area (Å²) in [6, 6.07) is 94.8. The molecule has 0 saturated carbocycles. The second kappa shape index (κ2) is 15.5. The van der Waals surface area contributed by atoms with Crippen LogP contribution in [-0.4, -0.2) is 0 Å². The molecule has 1 nitrogen and oxygen atoms in total. The van der Waals surface area contributed by atoms with E-state index in [1.54, 1.807) is 0 Å². The predicted molar refractivity (Wildman–Crippen MR) is 316 cm³/mol. The Morgan fingerprint density at radius 2 is 0.727 bits per heavy atom. The van der Waals surface area contributed by atoms with Gasteiger partial charge in [0.05, 0.1) is 10.8 Å². The van der Waals surface area contributed by atoms with E-state index in [0.717, 1.165) is 35.1 Å². The van der Waals surface area contributed by atoms with Crippen molar-refractivity contribution < 1.29 is 4.74 Å². The van der Waals surface area contributed by atoms with Gasteiger partial charge < -0.3 is 4.74 Å². The molecule has 0 radical (unpaired) electrons. The van der Waals surface area contributed by atoms with E-state index in [2.05, 4.69) is 263 Å². The summed E-state index contributed by atoms with van der Waals surface area (Å²) in [5, 5.41) is 4.62. The Bertz CT molecular complexity index is 4410. The number of aryl methyl sites for hydroxylation is 1. The van der Waals surface area contributed by atoms with Crippen LogP contribution in [0.15, 0.2) is 249 Å². The highest BCUT2D eigenvalue weighted by Crippen LogP contribution is 2.66. The van der Waals surface area contributed by atoms with Crippen molar-refractivity contribution in [3.05, 3.63) is 321 Å². The van der Waals surface area contributed by atoms with Crippen LogP contribution in [0.3, 0.4) is 0 Å². The fourth-order valence-electron chi connectivity index (χ4n) is 15.9. The summed E-state index contributed by atoms with van der Waals surface area (Å²) in [5.41, 5.74) is 27.2. The van der Waals surface area contributed by atoms with E-state index in [9.17, 15) is 0 Å². The largest absolute Gasteiger partial charge is 0.455 e. The minimum absolute atomic E-state index is 0.0533. The molecule has 1 atom stereocenters.